The highest BCUT2D eigenvalue weighted by molar-refractivity contribution is 5.75. The number of methoxy groups -OCH3 is 1. The van der Waals surface area contributed by atoms with Crippen LogP contribution in [0.5, 0.6) is 5.75 Å². The van der Waals surface area contributed by atoms with Crippen LogP contribution in [0.2, 0.25) is 0 Å². The molecule has 0 aliphatic carbocycles. The quantitative estimate of drug-likeness (QED) is 0.917. The molecule has 2 rings (SSSR count). The van der Waals surface area contributed by atoms with E-state index in [1.165, 1.54) is 11.1 Å². The van der Waals surface area contributed by atoms with E-state index in [0.29, 0.717) is 5.95 Å². The first-order valence-corrected chi connectivity index (χ1v) is 6.23. The predicted octanol–water partition coefficient (Wildman–Crippen LogP) is 3.12. The minimum absolute atomic E-state index is 0.615. The molecular formula is C15H19N3O. The van der Waals surface area contributed by atoms with Crippen LogP contribution in [0.15, 0.2) is 18.5 Å². The highest BCUT2D eigenvalue weighted by atomic mass is 16.5. The summed E-state index contributed by atoms with van der Waals surface area (Å²) in [5.74, 6) is 1.52. The number of hydrogen-bond acceptors (Lipinski definition) is 4. The Labute approximate surface area is 113 Å². The molecule has 2 aromatic rings. The molecule has 0 amide bonds. The average Bonchev–Trinajstić information content (AvgIpc) is 2.42. The van der Waals surface area contributed by atoms with Gasteiger partial charge in [0.1, 0.15) is 5.75 Å². The van der Waals surface area contributed by atoms with Gasteiger partial charge < -0.3 is 10.1 Å². The molecule has 0 bridgehead atoms. The highest BCUT2D eigenvalue weighted by Crippen LogP contribution is 2.37. The molecule has 0 atom stereocenters. The van der Waals surface area contributed by atoms with Crippen LogP contribution in [0.4, 0.5) is 5.95 Å². The second kappa shape index (κ2) is 5.26. The molecule has 0 spiro atoms. The SMILES string of the molecule is CNc1ncc(-c2c(C)cc(C)c(C)c2OC)cn1. The summed E-state index contributed by atoms with van der Waals surface area (Å²) in [7, 11) is 3.50. The molecule has 4 nitrogen and oxygen atoms in total. The van der Waals surface area contributed by atoms with Gasteiger partial charge in [-0.3, -0.25) is 0 Å². The molecule has 1 heterocycles. The Kier molecular flexibility index (Phi) is 3.69. The van der Waals surface area contributed by atoms with E-state index in [-0.39, 0.29) is 0 Å². The molecule has 0 fully saturated rings. The van der Waals surface area contributed by atoms with E-state index >= 15 is 0 Å². The van der Waals surface area contributed by atoms with Gasteiger partial charge in [0.2, 0.25) is 5.95 Å². The van der Waals surface area contributed by atoms with Crippen molar-refractivity contribution in [2.75, 3.05) is 19.5 Å². The highest BCUT2D eigenvalue weighted by Gasteiger charge is 2.14. The molecule has 0 radical (unpaired) electrons. The summed E-state index contributed by atoms with van der Waals surface area (Å²) in [5, 5.41) is 2.92. The second-order valence-corrected chi connectivity index (χ2v) is 4.59. The lowest BCUT2D eigenvalue weighted by Gasteiger charge is -2.16. The van der Waals surface area contributed by atoms with Crippen molar-refractivity contribution in [2.24, 2.45) is 0 Å². The van der Waals surface area contributed by atoms with Gasteiger partial charge >= 0.3 is 0 Å². The lowest BCUT2D eigenvalue weighted by Crippen LogP contribution is -1.99. The van der Waals surface area contributed by atoms with Crippen molar-refractivity contribution < 1.29 is 4.74 Å². The molecule has 0 saturated carbocycles. The molecule has 0 unspecified atom stereocenters. The molecule has 19 heavy (non-hydrogen) atoms. The first-order valence-electron chi connectivity index (χ1n) is 6.23. The molecular weight excluding hydrogens is 238 g/mol. The maximum atomic E-state index is 5.58. The minimum Gasteiger partial charge on any atom is -0.496 e. The predicted molar refractivity (Wildman–Crippen MR) is 77.8 cm³/mol. The molecule has 1 aromatic heterocycles. The van der Waals surface area contributed by atoms with Gasteiger partial charge in [0.05, 0.1) is 7.11 Å². The van der Waals surface area contributed by atoms with Crippen molar-refractivity contribution in [1.29, 1.82) is 0 Å². The third kappa shape index (κ3) is 2.38. The fourth-order valence-electron chi connectivity index (χ4n) is 2.25. The van der Waals surface area contributed by atoms with E-state index in [1.54, 1.807) is 14.2 Å². The molecule has 0 saturated heterocycles. The monoisotopic (exact) mass is 257 g/mol. The smallest absolute Gasteiger partial charge is 0.222 e. The number of nitrogens with one attached hydrogen (secondary N) is 1. The van der Waals surface area contributed by atoms with Gasteiger partial charge in [-0.25, -0.2) is 9.97 Å². The van der Waals surface area contributed by atoms with Crippen LogP contribution in [0.1, 0.15) is 16.7 Å². The molecule has 1 aromatic carbocycles. The van der Waals surface area contributed by atoms with Crippen molar-refractivity contribution in [3.8, 4) is 16.9 Å². The Morgan fingerprint density at radius 1 is 1.05 bits per heavy atom. The maximum Gasteiger partial charge on any atom is 0.222 e. The molecule has 100 valence electrons. The number of rotatable bonds is 3. The zero-order chi connectivity index (χ0) is 14.0. The fraction of sp³-hybridized carbons (Fsp3) is 0.333. The van der Waals surface area contributed by atoms with E-state index in [1.807, 2.05) is 12.4 Å². The number of aromatic nitrogens is 2. The Morgan fingerprint density at radius 3 is 2.21 bits per heavy atom. The average molecular weight is 257 g/mol. The van der Waals surface area contributed by atoms with E-state index in [2.05, 4.69) is 42.1 Å². The molecule has 0 aliphatic heterocycles. The van der Waals surface area contributed by atoms with Gasteiger partial charge in [-0.05, 0) is 37.5 Å². The number of benzene rings is 1. The third-order valence-corrected chi connectivity index (χ3v) is 3.35. The van der Waals surface area contributed by atoms with Gasteiger partial charge in [0.25, 0.3) is 0 Å². The van der Waals surface area contributed by atoms with Crippen LogP contribution < -0.4 is 10.1 Å². The van der Waals surface area contributed by atoms with Gasteiger partial charge in [-0.2, -0.15) is 0 Å². The summed E-state index contributed by atoms with van der Waals surface area (Å²) in [4.78, 5) is 8.53. The molecule has 1 N–H and O–H groups in total. The van der Waals surface area contributed by atoms with Crippen molar-refractivity contribution >= 4 is 5.95 Å². The van der Waals surface area contributed by atoms with E-state index in [9.17, 15) is 0 Å². The zero-order valence-corrected chi connectivity index (χ0v) is 12.0. The fourth-order valence-corrected chi connectivity index (χ4v) is 2.25. The first kappa shape index (κ1) is 13.3. The standard InChI is InChI=1S/C15H19N3O/c1-9-6-10(2)13(14(19-5)11(9)3)12-7-17-15(16-4)18-8-12/h6-8H,1-5H3,(H,16,17,18). The van der Waals surface area contributed by atoms with Gasteiger partial charge in [-0.1, -0.05) is 6.07 Å². The van der Waals surface area contributed by atoms with Crippen LogP contribution >= 0.6 is 0 Å². The van der Waals surface area contributed by atoms with Crippen LogP contribution in [-0.4, -0.2) is 24.1 Å². The summed E-state index contributed by atoms with van der Waals surface area (Å²) in [5.41, 5.74) is 5.58. The summed E-state index contributed by atoms with van der Waals surface area (Å²) in [6.07, 6.45) is 3.64. The Morgan fingerprint density at radius 2 is 1.68 bits per heavy atom. The van der Waals surface area contributed by atoms with Crippen LogP contribution in [0.25, 0.3) is 11.1 Å². The van der Waals surface area contributed by atoms with Crippen molar-refractivity contribution in [2.45, 2.75) is 20.8 Å². The Hall–Kier alpha value is -2.10. The third-order valence-electron chi connectivity index (χ3n) is 3.35. The van der Waals surface area contributed by atoms with E-state index in [0.717, 1.165) is 22.4 Å². The summed E-state index contributed by atoms with van der Waals surface area (Å²) >= 11 is 0. The van der Waals surface area contributed by atoms with Gasteiger partial charge in [0, 0.05) is 30.6 Å². The number of ether oxygens (including phenoxy) is 1. The Bertz CT molecular complexity index is 591. The topological polar surface area (TPSA) is 47.0 Å². The van der Waals surface area contributed by atoms with Crippen molar-refractivity contribution in [3.63, 3.8) is 0 Å². The minimum atomic E-state index is 0.615. The van der Waals surface area contributed by atoms with Crippen LogP contribution in [0.3, 0.4) is 0 Å². The maximum absolute atomic E-state index is 5.58. The molecule has 0 aliphatic rings. The van der Waals surface area contributed by atoms with Crippen LogP contribution in [-0.2, 0) is 0 Å². The normalized spacial score (nSPS) is 10.4. The largest absolute Gasteiger partial charge is 0.496 e. The molecule has 4 heteroatoms. The van der Waals surface area contributed by atoms with Gasteiger partial charge in [0.15, 0.2) is 0 Å². The number of anilines is 1. The lowest BCUT2D eigenvalue weighted by atomic mass is 9.95. The number of hydrogen-bond donors (Lipinski definition) is 1. The number of nitrogens with zero attached hydrogens (tertiary/aromatic N) is 2. The zero-order valence-electron chi connectivity index (χ0n) is 12.0. The first-order chi connectivity index (χ1) is 9.08. The summed E-state index contributed by atoms with van der Waals surface area (Å²) < 4.78 is 5.58. The second-order valence-electron chi connectivity index (χ2n) is 4.59. The van der Waals surface area contributed by atoms with Crippen molar-refractivity contribution in [1.82, 2.24) is 9.97 Å². The van der Waals surface area contributed by atoms with E-state index < -0.39 is 0 Å². The lowest BCUT2D eigenvalue weighted by molar-refractivity contribution is 0.412. The summed E-state index contributed by atoms with van der Waals surface area (Å²) in [6, 6.07) is 2.17. The van der Waals surface area contributed by atoms with Gasteiger partial charge in [-0.15, -0.1) is 0 Å². The number of aryl methyl sites for hydroxylation is 2. The Balaban J connectivity index is 2.63. The summed E-state index contributed by atoms with van der Waals surface area (Å²) in [6.45, 7) is 6.24. The van der Waals surface area contributed by atoms with E-state index in [4.69, 9.17) is 4.74 Å². The van der Waals surface area contributed by atoms with Crippen LogP contribution in [0, 0.1) is 20.8 Å². The van der Waals surface area contributed by atoms with Crippen molar-refractivity contribution in [3.05, 3.63) is 35.2 Å².